The van der Waals surface area contributed by atoms with Crippen LogP contribution in [0.25, 0.3) is 0 Å². The third-order valence-electron chi connectivity index (χ3n) is 7.06. The molecule has 3 saturated heterocycles. The zero-order valence-electron chi connectivity index (χ0n) is 15.0. The van der Waals surface area contributed by atoms with E-state index in [4.69, 9.17) is 0 Å². The first-order chi connectivity index (χ1) is 12.3. The molecule has 0 radical (unpaired) electrons. The smallest absolute Gasteiger partial charge is 0.123 e. The summed E-state index contributed by atoms with van der Waals surface area (Å²) in [6, 6.07) is 8.57. The quantitative estimate of drug-likeness (QED) is 0.744. The Labute approximate surface area is 150 Å². The molecule has 0 spiro atoms. The van der Waals surface area contributed by atoms with Crippen molar-refractivity contribution in [3.05, 3.63) is 47.3 Å². The van der Waals surface area contributed by atoms with Crippen LogP contribution in [0, 0.1) is 17.7 Å². The van der Waals surface area contributed by atoms with Crippen LogP contribution in [0.3, 0.4) is 0 Å². The van der Waals surface area contributed by atoms with Gasteiger partial charge in [-0.05, 0) is 74.7 Å². The molecule has 2 nitrogen and oxygen atoms in total. The second-order valence-electron chi connectivity index (χ2n) is 8.60. The zero-order valence-corrected chi connectivity index (χ0v) is 15.0. The normalized spacial score (nSPS) is 35.6. The summed E-state index contributed by atoms with van der Waals surface area (Å²) >= 11 is 0. The van der Waals surface area contributed by atoms with Gasteiger partial charge in [-0.3, -0.25) is 9.80 Å². The summed E-state index contributed by atoms with van der Waals surface area (Å²) in [4.78, 5) is 5.49. The van der Waals surface area contributed by atoms with Crippen LogP contribution in [-0.2, 0) is 6.54 Å². The van der Waals surface area contributed by atoms with Gasteiger partial charge in [-0.2, -0.15) is 0 Å². The van der Waals surface area contributed by atoms with Gasteiger partial charge < -0.3 is 0 Å². The second kappa shape index (κ2) is 6.51. The first kappa shape index (κ1) is 16.0. The van der Waals surface area contributed by atoms with Crippen molar-refractivity contribution in [1.29, 1.82) is 0 Å². The molecule has 1 aromatic carbocycles. The maximum atomic E-state index is 13.2. The molecule has 0 unspecified atom stereocenters. The van der Waals surface area contributed by atoms with Crippen molar-refractivity contribution < 1.29 is 4.39 Å². The first-order valence-corrected chi connectivity index (χ1v) is 10.2. The van der Waals surface area contributed by atoms with E-state index in [1.165, 1.54) is 63.7 Å². The molecule has 4 atom stereocenters. The Morgan fingerprint density at radius 3 is 2.80 bits per heavy atom. The van der Waals surface area contributed by atoms with E-state index in [1.54, 1.807) is 17.7 Å². The van der Waals surface area contributed by atoms with Gasteiger partial charge in [0.1, 0.15) is 5.82 Å². The Morgan fingerprint density at radius 1 is 1.04 bits per heavy atom. The van der Waals surface area contributed by atoms with Crippen molar-refractivity contribution in [3.63, 3.8) is 0 Å². The SMILES string of the molecule is Fc1ccc(CN2CCCC3=C[C@H]4C[C@H](CN5CCCC[C@H]45)[C@@H]32)cc1. The van der Waals surface area contributed by atoms with E-state index >= 15 is 0 Å². The van der Waals surface area contributed by atoms with E-state index in [2.05, 4.69) is 15.9 Å². The van der Waals surface area contributed by atoms with Crippen LogP contribution < -0.4 is 0 Å². The van der Waals surface area contributed by atoms with E-state index in [0.717, 1.165) is 24.4 Å². The minimum absolute atomic E-state index is 0.132. The summed E-state index contributed by atoms with van der Waals surface area (Å²) in [5.41, 5.74) is 2.97. The third kappa shape index (κ3) is 2.96. The van der Waals surface area contributed by atoms with Gasteiger partial charge in [-0.15, -0.1) is 0 Å². The van der Waals surface area contributed by atoms with E-state index in [1.807, 2.05) is 12.1 Å². The third-order valence-corrected chi connectivity index (χ3v) is 7.06. The number of fused-ring (bicyclic) bond motifs is 6. The van der Waals surface area contributed by atoms with Crippen molar-refractivity contribution in [3.8, 4) is 0 Å². The Kier molecular flexibility index (Phi) is 4.17. The molecule has 0 saturated carbocycles. The molecular formula is C22H29FN2. The zero-order chi connectivity index (χ0) is 16.8. The van der Waals surface area contributed by atoms with Crippen molar-refractivity contribution in [2.75, 3.05) is 19.6 Å². The number of halogens is 1. The number of piperidine rings is 3. The van der Waals surface area contributed by atoms with E-state index in [0.29, 0.717) is 6.04 Å². The molecule has 4 aliphatic rings. The number of rotatable bonds is 2. The molecule has 0 amide bonds. The molecule has 5 rings (SSSR count). The monoisotopic (exact) mass is 340 g/mol. The summed E-state index contributed by atoms with van der Waals surface area (Å²) < 4.78 is 13.2. The van der Waals surface area contributed by atoms with Crippen molar-refractivity contribution in [2.45, 2.75) is 57.2 Å². The fourth-order valence-corrected chi connectivity index (χ4v) is 6.09. The number of benzene rings is 1. The largest absolute Gasteiger partial charge is 0.299 e. The molecular weight excluding hydrogens is 311 g/mol. The lowest BCUT2D eigenvalue weighted by atomic mass is 9.68. The van der Waals surface area contributed by atoms with Crippen LogP contribution in [0.2, 0.25) is 0 Å². The molecule has 134 valence electrons. The number of hydrogen-bond acceptors (Lipinski definition) is 2. The van der Waals surface area contributed by atoms with Crippen LogP contribution in [0.15, 0.2) is 35.9 Å². The van der Waals surface area contributed by atoms with Crippen LogP contribution in [0.5, 0.6) is 0 Å². The van der Waals surface area contributed by atoms with Gasteiger partial charge >= 0.3 is 0 Å². The highest BCUT2D eigenvalue weighted by atomic mass is 19.1. The highest BCUT2D eigenvalue weighted by Gasteiger charge is 2.45. The summed E-state index contributed by atoms with van der Waals surface area (Å²) in [6.07, 6.45) is 10.9. The fraction of sp³-hybridized carbons (Fsp3) is 0.636. The van der Waals surface area contributed by atoms with Gasteiger partial charge in [0.15, 0.2) is 0 Å². The van der Waals surface area contributed by atoms with Gasteiger partial charge in [-0.1, -0.05) is 30.2 Å². The standard InChI is InChI=1S/C22H29FN2/c23-20-8-6-16(7-9-20)14-25-11-3-4-17-12-18-13-19(22(17)25)15-24-10-2-1-5-21(18)24/h6-9,12,18-19,21-22H,1-5,10-11,13-15H2/t18-,19+,21+,22+/m0/s1. The van der Waals surface area contributed by atoms with Crippen LogP contribution in [0.1, 0.15) is 44.1 Å². The van der Waals surface area contributed by atoms with E-state index in [-0.39, 0.29) is 5.82 Å². The second-order valence-corrected chi connectivity index (χ2v) is 8.60. The maximum absolute atomic E-state index is 13.2. The summed E-state index contributed by atoms with van der Waals surface area (Å²) in [5, 5.41) is 0. The minimum Gasteiger partial charge on any atom is -0.299 e. The predicted octanol–water partition coefficient (Wildman–Crippen LogP) is 4.22. The summed E-state index contributed by atoms with van der Waals surface area (Å²) in [6.45, 7) is 4.76. The summed E-state index contributed by atoms with van der Waals surface area (Å²) in [5.74, 6) is 1.46. The molecule has 2 bridgehead atoms. The minimum atomic E-state index is -0.132. The molecule has 1 aromatic rings. The molecule has 3 aliphatic heterocycles. The van der Waals surface area contributed by atoms with E-state index < -0.39 is 0 Å². The topological polar surface area (TPSA) is 6.48 Å². The molecule has 3 fully saturated rings. The highest BCUT2D eigenvalue weighted by molar-refractivity contribution is 5.25. The molecule has 0 N–H and O–H groups in total. The highest BCUT2D eigenvalue weighted by Crippen LogP contribution is 2.45. The van der Waals surface area contributed by atoms with Crippen LogP contribution in [-0.4, -0.2) is 41.5 Å². The average Bonchev–Trinajstić information content (AvgIpc) is 2.64. The molecule has 3 heterocycles. The molecule has 25 heavy (non-hydrogen) atoms. The number of hydrogen-bond donors (Lipinski definition) is 0. The Morgan fingerprint density at radius 2 is 1.92 bits per heavy atom. The Hall–Kier alpha value is -1.19. The average molecular weight is 340 g/mol. The molecule has 0 aromatic heterocycles. The Bertz CT molecular complexity index is 652. The van der Waals surface area contributed by atoms with Crippen LogP contribution in [0.4, 0.5) is 4.39 Å². The van der Waals surface area contributed by atoms with Gasteiger partial charge in [0, 0.05) is 25.2 Å². The molecule has 3 heteroatoms. The number of likely N-dealkylation sites (tertiary alicyclic amines) is 1. The lowest BCUT2D eigenvalue weighted by molar-refractivity contribution is -0.00265. The van der Waals surface area contributed by atoms with Crippen molar-refractivity contribution in [2.24, 2.45) is 11.8 Å². The predicted molar refractivity (Wildman–Crippen MR) is 98.7 cm³/mol. The fourth-order valence-electron chi connectivity index (χ4n) is 6.09. The Balaban J connectivity index is 1.40. The van der Waals surface area contributed by atoms with Crippen molar-refractivity contribution >= 4 is 0 Å². The molecule has 1 aliphatic carbocycles. The lowest BCUT2D eigenvalue weighted by Gasteiger charge is -2.54. The number of nitrogens with zero attached hydrogens (tertiary/aromatic N) is 2. The van der Waals surface area contributed by atoms with Gasteiger partial charge in [0.25, 0.3) is 0 Å². The van der Waals surface area contributed by atoms with Gasteiger partial charge in [-0.25, -0.2) is 4.39 Å². The maximum Gasteiger partial charge on any atom is 0.123 e. The van der Waals surface area contributed by atoms with Gasteiger partial charge in [0.2, 0.25) is 0 Å². The lowest BCUT2D eigenvalue weighted by Crippen LogP contribution is -2.58. The summed E-state index contributed by atoms with van der Waals surface area (Å²) in [7, 11) is 0. The first-order valence-electron chi connectivity index (χ1n) is 10.2. The van der Waals surface area contributed by atoms with Crippen molar-refractivity contribution in [1.82, 2.24) is 9.80 Å². The van der Waals surface area contributed by atoms with Crippen LogP contribution >= 0.6 is 0 Å². The van der Waals surface area contributed by atoms with Gasteiger partial charge in [0.05, 0.1) is 0 Å². The van der Waals surface area contributed by atoms with E-state index in [9.17, 15) is 4.39 Å².